The lowest BCUT2D eigenvalue weighted by Gasteiger charge is -2.14. The Hall–Kier alpha value is -3.34. The summed E-state index contributed by atoms with van der Waals surface area (Å²) in [6.45, 7) is 1.80. The number of hydrogen-bond acceptors (Lipinski definition) is 4. The Bertz CT molecular complexity index is 1250. The van der Waals surface area contributed by atoms with Gasteiger partial charge in [-0.1, -0.05) is 41.9 Å². The van der Waals surface area contributed by atoms with E-state index < -0.39 is 5.91 Å². The van der Waals surface area contributed by atoms with Gasteiger partial charge in [-0.25, -0.2) is 4.39 Å². The van der Waals surface area contributed by atoms with Crippen molar-refractivity contribution in [2.24, 2.45) is 0 Å². The first-order valence-corrected chi connectivity index (χ1v) is 10.9. The summed E-state index contributed by atoms with van der Waals surface area (Å²) in [7, 11) is 1.46. The molecule has 0 radical (unpaired) electrons. The van der Waals surface area contributed by atoms with Gasteiger partial charge < -0.3 is 14.8 Å². The summed E-state index contributed by atoms with van der Waals surface area (Å²) in [6, 6.07) is 16.7. The molecule has 1 amide bonds. The smallest absolute Gasteiger partial charge is 0.266 e. The molecule has 5 nitrogen and oxygen atoms in total. The van der Waals surface area contributed by atoms with Gasteiger partial charge in [0, 0.05) is 5.56 Å². The Labute approximate surface area is 204 Å². The minimum absolute atomic E-state index is 0.000142. The van der Waals surface area contributed by atoms with Crippen molar-refractivity contribution >= 4 is 45.2 Å². The molecule has 0 saturated carbocycles. The molecular weight excluding hydrogens is 511 g/mol. The highest BCUT2D eigenvalue weighted by Gasteiger charge is 2.16. The number of nitrogens with zero attached hydrogens (tertiary/aromatic N) is 1. The van der Waals surface area contributed by atoms with E-state index in [1.165, 1.54) is 19.3 Å². The number of halogens is 3. The van der Waals surface area contributed by atoms with E-state index in [4.69, 9.17) is 21.1 Å². The molecule has 0 aliphatic rings. The lowest BCUT2D eigenvalue weighted by atomic mass is 10.1. The molecule has 3 rings (SSSR count). The zero-order chi connectivity index (χ0) is 24.0. The first-order valence-electron chi connectivity index (χ1n) is 9.76. The number of nitrogens with one attached hydrogen (secondary N) is 1. The molecule has 0 bridgehead atoms. The molecule has 0 atom stereocenters. The Morgan fingerprint density at radius 3 is 2.67 bits per heavy atom. The van der Waals surface area contributed by atoms with Crippen LogP contribution in [0.25, 0.3) is 6.08 Å². The van der Waals surface area contributed by atoms with E-state index in [0.717, 1.165) is 5.56 Å². The van der Waals surface area contributed by atoms with Crippen LogP contribution in [0, 0.1) is 24.1 Å². The van der Waals surface area contributed by atoms with Crippen LogP contribution in [0.5, 0.6) is 11.5 Å². The van der Waals surface area contributed by atoms with Crippen LogP contribution in [0.15, 0.2) is 64.6 Å². The molecule has 0 saturated heterocycles. The summed E-state index contributed by atoms with van der Waals surface area (Å²) in [6.07, 6.45) is 1.43. The van der Waals surface area contributed by atoms with Gasteiger partial charge in [0.1, 0.15) is 24.1 Å². The third kappa shape index (κ3) is 5.92. The number of para-hydroxylation sites is 1. The predicted octanol–water partition coefficient (Wildman–Crippen LogP) is 6.68. The average molecular weight is 530 g/mol. The number of nitriles is 1. The zero-order valence-corrected chi connectivity index (χ0v) is 20.1. The number of aryl methyl sites for hydroxylation is 1. The van der Waals surface area contributed by atoms with Crippen LogP contribution in [0.1, 0.15) is 16.7 Å². The normalized spacial score (nSPS) is 11.0. The van der Waals surface area contributed by atoms with Crippen molar-refractivity contribution in [3.63, 3.8) is 0 Å². The van der Waals surface area contributed by atoms with Crippen molar-refractivity contribution in [2.75, 3.05) is 12.4 Å². The largest absolute Gasteiger partial charge is 0.493 e. The fourth-order valence-corrected chi connectivity index (χ4v) is 3.86. The maximum absolute atomic E-state index is 13.9. The Kier molecular flexibility index (Phi) is 8.10. The Balaban J connectivity index is 1.86. The summed E-state index contributed by atoms with van der Waals surface area (Å²) in [4.78, 5) is 12.7. The zero-order valence-electron chi connectivity index (χ0n) is 17.8. The van der Waals surface area contributed by atoms with Crippen molar-refractivity contribution in [2.45, 2.75) is 13.5 Å². The highest BCUT2D eigenvalue weighted by atomic mass is 79.9. The molecule has 33 heavy (non-hydrogen) atoms. The summed E-state index contributed by atoms with van der Waals surface area (Å²) >= 11 is 9.59. The number of benzene rings is 3. The van der Waals surface area contributed by atoms with Gasteiger partial charge in [-0.15, -0.1) is 0 Å². The van der Waals surface area contributed by atoms with E-state index in [-0.39, 0.29) is 18.0 Å². The number of ether oxygens (including phenoxy) is 2. The van der Waals surface area contributed by atoms with Gasteiger partial charge in [0.2, 0.25) is 0 Å². The molecule has 1 N–H and O–H groups in total. The number of hydrogen-bond donors (Lipinski definition) is 1. The third-order valence-electron chi connectivity index (χ3n) is 4.72. The second kappa shape index (κ2) is 11.0. The van der Waals surface area contributed by atoms with Crippen molar-refractivity contribution in [1.82, 2.24) is 0 Å². The fraction of sp³-hybridized carbons (Fsp3) is 0.120. The average Bonchev–Trinajstić information content (AvgIpc) is 2.79. The monoisotopic (exact) mass is 528 g/mol. The van der Waals surface area contributed by atoms with Gasteiger partial charge in [0.25, 0.3) is 5.91 Å². The lowest BCUT2D eigenvalue weighted by molar-refractivity contribution is -0.112. The molecule has 0 spiro atoms. The van der Waals surface area contributed by atoms with Crippen LogP contribution in [-0.2, 0) is 11.4 Å². The van der Waals surface area contributed by atoms with Crippen LogP contribution >= 0.6 is 27.5 Å². The topological polar surface area (TPSA) is 71.3 Å². The van der Waals surface area contributed by atoms with E-state index in [0.29, 0.717) is 37.8 Å². The summed E-state index contributed by atoms with van der Waals surface area (Å²) < 4.78 is 25.6. The number of carbonyl (C=O) groups is 1. The molecule has 3 aromatic rings. The highest BCUT2D eigenvalue weighted by Crippen LogP contribution is 2.38. The van der Waals surface area contributed by atoms with Crippen molar-refractivity contribution in [3.8, 4) is 17.6 Å². The van der Waals surface area contributed by atoms with Gasteiger partial charge in [-0.2, -0.15) is 5.26 Å². The molecule has 0 heterocycles. The Morgan fingerprint density at radius 1 is 1.24 bits per heavy atom. The van der Waals surface area contributed by atoms with E-state index in [9.17, 15) is 14.4 Å². The SMILES string of the molecule is COc1cc(/C=C(\C#N)C(=O)Nc2c(C)cccc2Cl)cc(Br)c1OCc1ccccc1F. The van der Waals surface area contributed by atoms with Gasteiger partial charge in [0.15, 0.2) is 11.5 Å². The molecular formula is C25H19BrClFN2O3. The predicted molar refractivity (Wildman–Crippen MR) is 130 cm³/mol. The second-order valence-electron chi connectivity index (χ2n) is 6.97. The number of amides is 1. The van der Waals surface area contributed by atoms with Gasteiger partial charge in [-0.05, 0) is 64.3 Å². The second-order valence-corrected chi connectivity index (χ2v) is 8.23. The number of methoxy groups -OCH3 is 1. The number of rotatable bonds is 7. The lowest BCUT2D eigenvalue weighted by Crippen LogP contribution is -2.14. The van der Waals surface area contributed by atoms with Crippen molar-refractivity contribution in [1.29, 1.82) is 5.26 Å². The van der Waals surface area contributed by atoms with Gasteiger partial charge in [0.05, 0.1) is 22.3 Å². The molecule has 0 aromatic heterocycles. The molecule has 0 aliphatic heterocycles. The maximum atomic E-state index is 13.9. The van der Waals surface area contributed by atoms with Crippen molar-refractivity contribution in [3.05, 3.63) is 92.2 Å². The summed E-state index contributed by atoms with van der Waals surface area (Å²) in [5, 5.41) is 12.6. The molecule has 168 valence electrons. The van der Waals surface area contributed by atoms with E-state index >= 15 is 0 Å². The molecule has 0 aliphatic carbocycles. The maximum Gasteiger partial charge on any atom is 0.266 e. The van der Waals surface area contributed by atoms with Crippen LogP contribution in [0.2, 0.25) is 5.02 Å². The van der Waals surface area contributed by atoms with Crippen molar-refractivity contribution < 1.29 is 18.7 Å². The van der Waals surface area contributed by atoms with Gasteiger partial charge in [-0.3, -0.25) is 4.79 Å². The quantitative estimate of drug-likeness (QED) is 0.274. The standard InChI is InChI=1S/C25H19BrClFN2O3/c1-15-6-5-8-20(27)23(15)30-25(31)18(13-29)10-16-11-19(26)24(22(12-16)32-2)33-14-17-7-3-4-9-21(17)28/h3-12H,14H2,1-2H3,(H,30,31)/b18-10+. The first kappa shape index (κ1) is 24.3. The van der Waals surface area contributed by atoms with E-state index in [1.807, 2.05) is 6.07 Å². The third-order valence-corrected chi connectivity index (χ3v) is 5.62. The van der Waals surface area contributed by atoms with Crippen LogP contribution in [0.4, 0.5) is 10.1 Å². The Morgan fingerprint density at radius 2 is 2.00 bits per heavy atom. The van der Waals surface area contributed by atoms with Crippen LogP contribution < -0.4 is 14.8 Å². The fourth-order valence-electron chi connectivity index (χ4n) is 3.01. The van der Waals surface area contributed by atoms with Crippen LogP contribution in [0.3, 0.4) is 0 Å². The van der Waals surface area contributed by atoms with E-state index in [2.05, 4.69) is 21.2 Å². The minimum Gasteiger partial charge on any atom is -0.493 e. The first-order chi connectivity index (χ1) is 15.8. The molecule has 3 aromatic carbocycles. The molecule has 8 heteroatoms. The van der Waals surface area contributed by atoms with E-state index in [1.54, 1.807) is 55.5 Å². The van der Waals surface area contributed by atoms with Gasteiger partial charge >= 0.3 is 0 Å². The summed E-state index contributed by atoms with van der Waals surface area (Å²) in [5.41, 5.74) is 2.02. The minimum atomic E-state index is -0.594. The summed E-state index contributed by atoms with van der Waals surface area (Å²) in [5.74, 6) is -0.242. The highest BCUT2D eigenvalue weighted by molar-refractivity contribution is 9.10. The molecule has 0 unspecified atom stereocenters. The number of anilines is 1. The van der Waals surface area contributed by atoms with Crippen LogP contribution in [-0.4, -0.2) is 13.0 Å². The number of carbonyl (C=O) groups excluding carboxylic acids is 1. The molecule has 0 fully saturated rings.